The third-order valence-electron chi connectivity index (χ3n) is 2.52. The Morgan fingerprint density at radius 2 is 1.41 bits per heavy atom. The lowest BCUT2D eigenvalue weighted by Gasteiger charge is -2.20. The van der Waals surface area contributed by atoms with Crippen molar-refractivity contribution in [3.8, 4) is 17.2 Å². The van der Waals surface area contributed by atoms with E-state index in [1.807, 2.05) is 13.1 Å². The Bertz CT molecular complexity index is 364. The Morgan fingerprint density at radius 1 is 0.882 bits per heavy atom. The minimum Gasteiger partial charge on any atom is -0.496 e. The van der Waals surface area contributed by atoms with Gasteiger partial charge in [-0.1, -0.05) is 0 Å². The highest BCUT2D eigenvalue weighted by Gasteiger charge is 2.18. The minimum atomic E-state index is -0.259. The van der Waals surface area contributed by atoms with E-state index >= 15 is 0 Å². The van der Waals surface area contributed by atoms with E-state index < -0.39 is 0 Å². The van der Waals surface area contributed by atoms with E-state index in [-0.39, 0.29) is 6.23 Å². The predicted molar refractivity (Wildman–Crippen MR) is 64.9 cm³/mol. The lowest BCUT2D eigenvalue weighted by Crippen LogP contribution is -2.19. The van der Waals surface area contributed by atoms with Gasteiger partial charge in [-0.2, -0.15) is 0 Å². The fourth-order valence-electron chi connectivity index (χ4n) is 1.66. The molecule has 0 fully saturated rings. The molecule has 5 nitrogen and oxygen atoms in total. The molecule has 96 valence electrons. The van der Waals surface area contributed by atoms with Gasteiger partial charge in [-0.3, -0.25) is 5.32 Å². The van der Waals surface area contributed by atoms with Gasteiger partial charge in [0.2, 0.25) is 0 Å². The van der Waals surface area contributed by atoms with Gasteiger partial charge in [0.15, 0.2) is 11.5 Å². The maximum atomic E-state index is 5.32. The third kappa shape index (κ3) is 2.81. The summed E-state index contributed by atoms with van der Waals surface area (Å²) in [6.07, 6.45) is -0.259. The van der Waals surface area contributed by atoms with Crippen molar-refractivity contribution in [2.24, 2.45) is 0 Å². The average Bonchev–Trinajstić information content (AvgIpc) is 2.39. The maximum absolute atomic E-state index is 5.32. The van der Waals surface area contributed by atoms with E-state index in [4.69, 9.17) is 18.9 Å². The highest BCUT2D eigenvalue weighted by molar-refractivity contribution is 5.51. The minimum absolute atomic E-state index is 0.259. The summed E-state index contributed by atoms with van der Waals surface area (Å²) in [5.41, 5.74) is 0.857. The van der Waals surface area contributed by atoms with Crippen molar-refractivity contribution in [3.63, 3.8) is 0 Å². The SMILES string of the molecule is CNC(OC)c1cc(OC)c(OC)cc1OC. The van der Waals surface area contributed by atoms with Crippen molar-refractivity contribution in [2.45, 2.75) is 6.23 Å². The van der Waals surface area contributed by atoms with Crippen LogP contribution in [0.15, 0.2) is 12.1 Å². The first-order valence-electron chi connectivity index (χ1n) is 5.21. The number of hydrogen-bond donors (Lipinski definition) is 1. The number of nitrogens with one attached hydrogen (secondary N) is 1. The van der Waals surface area contributed by atoms with Crippen LogP contribution in [0.4, 0.5) is 0 Å². The van der Waals surface area contributed by atoms with Gasteiger partial charge < -0.3 is 18.9 Å². The average molecular weight is 241 g/mol. The molecular weight excluding hydrogens is 222 g/mol. The van der Waals surface area contributed by atoms with E-state index in [1.165, 1.54) is 0 Å². The lowest BCUT2D eigenvalue weighted by atomic mass is 10.1. The Hall–Kier alpha value is -1.46. The summed E-state index contributed by atoms with van der Waals surface area (Å²) in [7, 11) is 8.22. The van der Waals surface area contributed by atoms with Crippen LogP contribution in [0.25, 0.3) is 0 Å². The number of benzene rings is 1. The Labute approximate surface area is 102 Å². The highest BCUT2D eigenvalue weighted by Crippen LogP contribution is 2.37. The molecule has 0 amide bonds. The summed E-state index contributed by atoms with van der Waals surface area (Å²) >= 11 is 0. The van der Waals surface area contributed by atoms with Gasteiger partial charge in [0, 0.05) is 18.7 Å². The lowest BCUT2D eigenvalue weighted by molar-refractivity contribution is 0.0783. The Morgan fingerprint density at radius 3 is 1.82 bits per heavy atom. The molecule has 0 saturated carbocycles. The van der Waals surface area contributed by atoms with Gasteiger partial charge in [0.1, 0.15) is 12.0 Å². The molecule has 17 heavy (non-hydrogen) atoms. The second-order valence-electron chi connectivity index (χ2n) is 3.35. The van der Waals surface area contributed by atoms with Crippen LogP contribution in [0.1, 0.15) is 11.8 Å². The first-order chi connectivity index (χ1) is 8.21. The van der Waals surface area contributed by atoms with E-state index in [0.717, 1.165) is 5.56 Å². The van der Waals surface area contributed by atoms with E-state index in [1.54, 1.807) is 34.5 Å². The molecule has 1 aromatic carbocycles. The zero-order chi connectivity index (χ0) is 12.8. The number of rotatable bonds is 6. The van der Waals surface area contributed by atoms with Crippen LogP contribution in [0.3, 0.4) is 0 Å². The fraction of sp³-hybridized carbons (Fsp3) is 0.500. The van der Waals surface area contributed by atoms with Crippen molar-refractivity contribution in [2.75, 3.05) is 35.5 Å². The molecule has 0 aliphatic heterocycles. The summed E-state index contributed by atoms with van der Waals surface area (Å²) in [6, 6.07) is 3.61. The number of ether oxygens (including phenoxy) is 4. The highest BCUT2D eigenvalue weighted by atomic mass is 16.5. The second-order valence-corrected chi connectivity index (χ2v) is 3.35. The number of hydrogen-bond acceptors (Lipinski definition) is 5. The standard InChI is InChI=1S/C12H19NO4/c1-13-12(17-5)8-6-10(15-3)11(16-4)7-9(8)14-2/h6-7,12-13H,1-5H3. The molecule has 0 aliphatic rings. The van der Waals surface area contributed by atoms with Crippen molar-refractivity contribution >= 4 is 0 Å². The first kappa shape index (κ1) is 13.6. The molecule has 1 rings (SSSR count). The molecule has 1 atom stereocenters. The Kier molecular flexibility index (Phi) is 5.06. The van der Waals surface area contributed by atoms with Crippen LogP contribution in [-0.4, -0.2) is 35.5 Å². The van der Waals surface area contributed by atoms with Gasteiger partial charge in [-0.15, -0.1) is 0 Å². The molecular formula is C12H19NO4. The third-order valence-corrected chi connectivity index (χ3v) is 2.52. The zero-order valence-corrected chi connectivity index (χ0v) is 10.9. The molecule has 5 heteroatoms. The molecule has 1 aromatic rings. The van der Waals surface area contributed by atoms with Crippen LogP contribution in [0.2, 0.25) is 0 Å². The topological polar surface area (TPSA) is 49.0 Å². The van der Waals surface area contributed by atoms with Crippen LogP contribution in [0.5, 0.6) is 17.2 Å². The molecule has 0 saturated heterocycles. The van der Waals surface area contributed by atoms with E-state index in [2.05, 4.69) is 5.32 Å². The molecule has 0 aromatic heterocycles. The van der Waals surface area contributed by atoms with Crippen molar-refractivity contribution in [3.05, 3.63) is 17.7 Å². The van der Waals surface area contributed by atoms with Crippen LogP contribution in [-0.2, 0) is 4.74 Å². The Balaban J connectivity index is 3.27. The fourth-order valence-corrected chi connectivity index (χ4v) is 1.66. The summed E-state index contributed by atoms with van der Waals surface area (Å²) in [5.74, 6) is 1.95. The number of methoxy groups -OCH3 is 4. The van der Waals surface area contributed by atoms with Gasteiger partial charge in [0.25, 0.3) is 0 Å². The van der Waals surface area contributed by atoms with Crippen molar-refractivity contribution in [1.29, 1.82) is 0 Å². The summed E-state index contributed by atoms with van der Waals surface area (Å²) < 4.78 is 21.1. The summed E-state index contributed by atoms with van der Waals surface area (Å²) in [4.78, 5) is 0. The molecule has 1 N–H and O–H groups in total. The second kappa shape index (κ2) is 6.32. The molecule has 0 bridgehead atoms. The van der Waals surface area contributed by atoms with Crippen LogP contribution in [0, 0.1) is 0 Å². The molecule has 0 aliphatic carbocycles. The van der Waals surface area contributed by atoms with E-state index in [9.17, 15) is 0 Å². The molecule has 0 heterocycles. The maximum Gasteiger partial charge on any atom is 0.164 e. The smallest absolute Gasteiger partial charge is 0.164 e. The summed E-state index contributed by atoms with van der Waals surface area (Å²) in [5, 5.41) is 3.03. The molecule has 1 unspecified atom stereocenters. The largest absolute Gasteiger partial charge is 0.496 e. The molecule has 0 spiro atoms. The van der Waals surface area contributed by atoms with Crippen LogP contribution >= 0.6 is 0 Å². The quantitative estimate of drug-likeness (QED) is 0.766. The van der Waals surface area contributed by atoms with Gasteiger partial charge in [-0.05, 0) is 13.1 Å². The van der Waals surface area contributed by atoms with Crippen LogP contribution < -0.4 is 19.5 Å². The predicted octanol–water partition coefficient (Wildman–Crippen LogP) is 1.58. The summed E-state index contributed by atoms with van der Waals surface area (Å²) in [6.45, 7) is 0. The van der Waals surface area contributed by atoms with Crippen molar-refractivity contribution in [1.82, 2.24) is 5.32 Å². The van der Waals surface area contributed by atoms with E-state index in [0.29, 0.717) is 17.2 Å². The zero-order valence-electron chi connectivity index (χ0n) is 10.9. The molecule has 0 radical (unpaired) electrons. The monoisotopic (exact) mass is 241 g/mol. The van der Waals surface area contributed by atoms with Crippen molar-refractivity contribution < 1.29 is 18.9 Å². The van der Waals surface area contributed by atoms with Gasteiger partial charge >= 0.3 is 0 Å². The van der Waals surface area contributed by atoms with Gasteiger partial charge in [0.05, 0.1) is 21.3 Å². The first-order valence-corrected chi connectivity index (χ1v) is 5.21. The van der Waals surface area contributed by atoms with Gasteiger partial charge in [-0.25, -0.2) is 0 Å². The normalized spacial score (nSPS) is 12.1.